The summed E-state index contributed by atoms with van der Waals surface area (Å²) in [7, 11) is 0. The highest BCUT2D eigenvalue weighted by Gasteiger charge is 2.40. The maximum atomic E-state index is 13.1. The first-order chi connectivity index (χ1) is 17.8. The van der Waals surface area contributed by atoms with Crippen LogP contribution in [0.5, 0.6) is 5.88 Å². The van der Waals surface area contributed by atoms with Crippen LogP contribution in [0, 0.1) is 0 Å². The molecule has 0 spiro atoms. The van der Waals surface area contributed by atoms with Gasteiger partial charge in [-0.15, -0.1) is 0 Å². The number of amides is 1. The van der Waals surface area contributed by atoms with Gasteiger partial charge in [0.15, 0.2) is 11.5 Å². The predicted molar refractivity (Wildman–Crippen MR) is 119 cm³/mol. The van der Waals surface area contributed by atoms with E-state index in [1.807, 2.05) is 0 Å². The van der Waals surface area contributed by atoms with Gasteiger partial charge in [-0.3, -0.25) is 9.59 Å². The van der Waals surface area contributed by atoms with E-state index in [1.165, 1.54) is 0 Å². The van der Waals surface area contributed by atoms with Gasteiger partial charge >= 0.3 is 12.4 Å². The van der Waals surface area contributed by atoms with E-state index in [0.29, 0.717) is 19.3 Å². The number of carbonyl (C=O) groups is 1. The molecular weight excluding hydrogens is 528 g/mol. The standard InChI is InChI=1S/C21H23F6N7O4/c1-11(30-13-6-29-32-18(36)16(13)21(25,26)27)9-37-5-2-15(35)33-3-4-34-12(8-33)10-38-19-17(34)28-7-14(31-19)20(22,23)24/h6-7,11-12H,2-5,8-10H2,1H3,(H2,30,32,36). The number of aromatic amines is 1. The Kier molecular flexibility index (Phi) is 7.66. The van der Waals surface area contributed by atoms with Gasteiger partial charge in [-0.25, -0.2) is 15.1 Å². The molecule has 4 heterocycles. The number of fused-ring (bicyclic) bond motifs is 3. The summed E-state index contributed by atoms with van der Waals surface area (Å²) in [5.74, 6) is -0.242. The predicted octanol–water partition coefficient (Wildman–Crippen LogP) is 1.91. The Morgan fingerprint density at radius 3 is 2.71 bits per heavy atom. The van der Waals surface area contributed by atoms with Gasteiger partial charge in [0.1, 0.15) is 12.2 Å². The van der Waals surface area contributed by atoms with Crippen LogP contribution in [0.1, 0.15) is 24.6 Å². The molecule has 208 valence electrons. The fourth-order valence-electron chi connectivity index (χ4n) is 4.15. The number of halogens is 6. The van der Waals surface area contributed by atoms with Crippen molar-refractivity contribution in [1.82, 2.24) is 25.1 Å². The summed E-state index contributed by atoms with van der Waals surface area (Å²) in [5, 5.41) is 7.68. The van der Waals surface area contributed by atoms with Crippen molar-refractivity contribution < 1.29 is 40.6 Å². The first-order valence-electron chi connectivity index (χ1n) is 11.4. The van der Waals surface area contributed by atoms with Gasteiger partial charge in [-0.2, -0.15) is 31.4 Å². The molecule has 11 nitrogen and oxygen atoms in total. The van der Waals surface area contributed by atoms with Crippen LogP contribution in [-0.2, 0) is 21.9 Å². The van der Waals surface area contributed by atoms with Crippen LogP contribution in [0.4, 0.5) is 37.8 Å². The quantitative estimate of drug-likeness (QED) is 0.392. The van der Waals surface area contributed by atoms with Gasteiger partial charge in [-0.05, 0) is 6.92 Å². The van der Waals surface area contributed by atoms with E-state index in [-0.39, 0.29) is 56.4 Å². The molecule has 2 atom stereocenters. The molecule has 1 fully saturated rings. The number of hydrogen-bond donors (Lipinski definition) is 2. The minimum Gasteiger partial charge on any atom is -0.473 e. The third kappa shape index (κ3) is 6.08. The van der Waals surface area contributed by atoms with E-state index >= 15 is 0 Å². The zero-order chi connectivity index (χ0) is 27.7. The summed E-state index contributed by atoms with van der Waals surface area (Å²) >= 11 is 0. The number of hydrogen-bond acceptors (Lipinski definition) is 9. The topological polar surface area (TPSA) is 126 Å². The number of aromatic nitrogens is 4. The molecule has 0 saturated carbocycles. The molecule has 38 heavy (non-hydrogen) atoms. The highest BCUT2D eigenvalue weighted by Crippen LogP contribution is 2.36. The lowest BCUT2D eigenvalue weighted by Gasteiger charge is -2.44. The molecule has 1 saturated heterocycles. The van der Waals surface area contributed by atoms with Crippen molar-refractivity contribution in [3.05, 3.63) is 34.0 Å². The molecule has 17 heteroatoms. The lowest BCUT2D eigenvalue weighted by atomic mass is 10.1. The van der Waals surface area contributed by atoms with E-state index in [2.05, 4.69) is 20.4 Å². The van der Waals surface area contributed by atoms with Gasteiger partial charge in [0.25, 0.3) is 11.4 Å². The van der Waals surface area contributed by atoms with E-state index < -0.39 is 40.9 Å². The molecule has 2 aromatic rings. The molecule has 0 radical (unpaired) electrons. The molecule has 2 aliphatic heterocycles. The van der Waals surface area contributed by atoms with Gasteiger partial charge in [-0.1, -0.05) is 0 Å². The zero-order valence-corrected chi connectivity index (χ0v) is 19.9. The first-order valence-corrected chi connectivity index (χ1v) is 11.4. The van der Waals surface area contributed by atoms with Gasteiger partial charge in [0.2, 0.25) is 5.91 Å². The Morgan fingerprint density at radius 2 is 2.00 bits per heavy atom. The normalized spacial score (nSPS) is 18.3. The van der Waals surface area contributed by atoms with Gasteiger partial charge < -0.3 is 24.6 Å². The number of alkyl halides is 6. The third-order valence-electron chi connectivity index (χ3n) is 5.90. The number of anilines is 2. The second kappa shape index (κ2) is 10.6. The number of piperazine rings is 1. The maximum absolute atomic E-state index is 13.1. The SMILES string of the molecule is CC(COCCC(=O)N1CCN2c3ncc(C(F)(F)F)nc3OCC2C1)Nc1cn[nH]c(=O)c1C(F)(F)F. The monoisotopic (exact) mass is 551 g/mol. The second-order valence-electron chi connectivity index (χ2n) is 8.74. The Hall–Kier alpha value is -3.63. The van der Waals surface area contributed by atoms with Crippen LogP contribution >= 0.6 is 0 Å². The number of rotatable bonds is 7. The molecule has 2 N–H and O–H groups in total. The summed E-state index contributed by atoms with van der Waals surface area (Å²) in [4.78, 5) is 34.9. The average molecular weight is 551 g/mol. The zero-order valence-electron chi connectivity index (χ0n) is 19.9. The third-order valence-corrected chi connectivity index (χ3v) is 5.90. The Bertz CT molecular complexity index is 1220. The Labute approximate surface area is 211 Å². The van der Waals surface area contributed by atoms with E-state index in [1.54, 1.807) is 21.8 Å². The number of nitrogens with one attached hydrogen (secondary N) is 2. The molecule has 4 rings (SSSR count). The van der Waals surface area contributed by atoms with E-state index in [4.69, 9.17) is 9.47 Å². The van der Waals surface area contributed by atoms with Crippen LogP contribution in [-0.4, -0.2) is 82.5 Å². The van der Waals surface area contributed by atoms with Gasteiger partial charge in [0, 0.05) is 25.7 Å². The van der Waals surface area contributed by atoms with Crippen LogP contribution in [0.2, 0.25) is 0 Å². The van der Waals surface area contributed by atoms with Crippen molar-refractivity contribution in [2.75, 3.05) is 49.7 Å². The summed E-state index contributed by atoms with van der Waals surface area (Å²) < 4.78 is 88.9. The van der Waals surface area contributed by atoms with E-state index in [9.17, 15) is 35.9 Å². The number of carbonyl (C=O) groups excluding carboxylic acids is 1. The first kappa shape index (κ1) is 27.4. The minimum atomic E-state index is -4.88. The van der Waals surface area contributed by atoms with Crippen molar-refractivity contribution in [3.8, 4) is 5.88 Å². The lowest BCUT2D eigenvalue weighted by molar-refractivity contribution is -0.142. The van der Waals surface area contributed by atoms with Crippen molar-refractivity contribution in [1.29, 1.82) is 0 Å². The summed E-state index contributed by atoms with van der Waals surface area (Å²) in [6, 6.07) is -0.946. The van der Waals surface area contributed by atoms with E-state index in [0.717, 1.165) is 6.20 Å². The fourth-order valence-corrected chi connectivity index (χ4v) is 4.15. The van der Waals surface area contributed by atoms with Crippen LogP contribution in [0.15, 0.2) is 17.2 Å². The van der Waals surface area contributed by atoms with Gasteiger partial charge in [0.05, 0.1) is 43.8 Å². The number of ether oxygens (including phenoxy) is 2. The minimum absolute atomic E-state index is 0.000509. The smallest absolute Gasteiger partial charge is 0.435 e. The average Bonchev–Trinajstić information content (AvgIpc) is 2.84. The van der Waals surface area contributed by atoms with Crippen LogP contribution in [0.25, 0.3) is 0 Å². The molecule has 0 aromatic carbocycles. The maximum Gasteiger partial charge on any atom is 0.435 e. The van der Waals surface area contributed by atoms with Crippen molar-refractivity contribution in [3.63, 3.8) is 0 Å². The molecule has 1 amide bonds. The highest BCUT2D eigenvalue weighted by molar-refractivity contribution is 5.76. The van der Waals surface area contributed by atoms with Crippen molar-refractivity contribution in [2.24, 2.45) is 0 Å². The second-order valence-corrected chi connectivity index (χ2v) is 8.74. The lowest BCUT2D eigenvalue weighted by Crippen LogP contribution is -2.58. The largest absolute Gasteiger partial charge is 0.473 e. The summed E-state index contributed by atoms with van der Waals surface area (Å²) in [6.45, 7) is 2.41. The molecule has 2 aliphatic rings. The van der Waals surface area contributed by atoms with Crippen LogP contribution < -0.4 is 20.5 Å². The van der Waals surface area contributed by atoms with Crippen molar-refractivity contribution >= 4 is 17.4 Å². The molecule has 2 aromatic heterocycles. The number of nitrogens with zero attached hydrogens (tertiary/aromatic N) is 5. The molecule has 0 aliphatic carbocycles. The highest BCUT2D eigenvalue weighted by atomic mass is 19.4. The molecule has 2 unspecified atom stereocenters. The Morgan fingerprint density at radius 1 is 1.24 bits per heavy atom. The molecular formula is C21H23F6N7O4. The van der Waals surface area contributed by atoms with Crippen LogP contribution in [0.3, 0.4) is 0 Å². The summed E-state index contributed by atoms with van der Waals surface area (Å²) in [6.07, 6.45) is -8.01. The fraction of sp³-hybridized carbons (Fsp3) is 0.571. The Balaban J connectivity index is 1.24. The summed E-state index contributed by atoms with van der Waals surface area (Å²) in [5.41, 5.74) is -4.40. The van der Waals surface area contributed by atoms with Crippen molar-refractivity contribution in [2.45, 2.75) is 37.8 Å². The number of H-pyrrole nitrogens is 1. The molecule has 0 bridgehead atoms.